The maximum Gasteiger partial charge on any atom is 0.144 e. The molecule has 0 atom stereocenters. The van der Waals surface area contributed by atoms with Gasteiger partial charge in [-0.2, -0.15) is 0 Å². The Kier molecular flexibility index (Phi) is 5.86. The minimum absolute atomic E-state index is 0.262. The van der Waals surface area contributed by atoms with E-state index in [1.165, 1.54) is 11.3 Å². The van der Waals surface area contributed by atoms with Crippen molar-refractivity contribution in [1.29, 1.82) is 0 Å². The molecule has 112 valence electrons. The van der Waals surface area contributed by atoms with E-state index >= 15 is 0 Å². The zero-order valence-corrected chi connectivity index (χ0v) is 13.1. The largest absolute Gasteiger partial charge is 0.409 e. The Morgan fingerprint density at radius 2 is 1.90 bits per heavy atom. The van der Waals surface area contributed by atoms with Crippen LogP contribution in [0.3, 0.4) is 0 Å². The average Bonchev–Trinajstić information content (AvgIpc) is 2.46. The van der Waals surface area contributed by atoms with E-state index in [-0.39, 0.29) is 5.41 Å². The Hall–Kier alpha value is -1.71. The predicted octanol–water partition coefficient (Wildman–Crippen LogP) is 3.24. The summed E-state index contributed by atoms with van der Waals surface area (Å²) in [7, 11) is 2.09. The standard InChI is InChI=1S/C16H27N3O/c1-5-13-7-9-14(10-8-13)19(4)12-6-11-16(2,3)15(17)18-20/h7-10,20H,5-6,11-12H2,1-4H3,(H2,17,18). The monoisotopic (exact) mass is 277 g/mol. The highest BCUT2D eigenvalue weighted by Gasteiger charge is 2.23. The van der Waals surface area contributed by atoms with Gasteiger partial charge in [-0.1, -0.05) is 38.1 Å². The Bertz CT molecular complexity index is 438. The SMILES string of the molecule is CCc1ccc(N(C)CCCC(C)(C)C(N)=NO)cc1. The van der Waals surface area contributed by atoms with Crippen LogP contribution in [0.15, 0.2) is 29.4 Å². The van der Waals surface area contributed by atoms with E-state index in [1.807, 2.05) is 13.8 Å². The Morgan fingerprint density at radius 1 is 1.30 bits per heavy atom. The van der Waals surface area contributed by atoms with Gasteiger partial charge in [0.25, 0.3) is 0 Å². The van der Waals surface area contributed by atoms with Crippen LogP contribution in [-0.4, -0.2) is 24.6 Å². The zero-order chi connectivity index (χ0) is 15.2. The van der Waals surface area contributed by atoms with Gasteiger partial charge in [-0.3, -0.25) is 0 Å². The lowest BCUT2D eigenvalue weighted by atomic mass is 9.86. The van der Waals surface area contributed by atoms with E-state index in [1.54, 1.807) is 0 Å². The number of benzene rings is 1. The van der Waals surface area contributed by atoms with Crippen LogP contribution in [0.5, 0.6) is 0 Å². The molecule has 3 N–H and O–H groups in total. The summed E-state index contributed by atoms with van der Waals surface area (Å²) in [5.74, 6) is 0.299. The maximum absolute atomic E-state index is 8.76. The fraction of sp³-hybridized carbons (Fsp3) is 0.562. The molecule has 0 spiro atoms. The third-order valence-corrected chi connectivity index (χ3v) is 3.88. The summed E-state index contributed by atoms with van der Waals surface area (Å²) in [5, 5.41) is 11.9. The molecule has 0 amide bonds. The molecule has 4 heteroatoms. The fourth-order valence-corrected chi connectivity index (χ4v) is 2.14. The van der Waals surface area contributed by atoms with Gasteiger partial charge < -0.3 is 15.8 Å². The van der Waals surface area contributed by atoms with E-state index in [4.69, 9.17) is 10.9 Å². The van der Waals surface area contributed by atoms with Crippen molar-refractivity contribution in [2.75, 3.05) is 18.5 Å². The van der Waals surface area contributed by atoms with Crippen molar-refractivity contribution in [3.05, 3.63) is 29.8 Å². The van der Waals surface area contributed by atoms with Crippen LogP contribution in [-0.2, 0) is 6.42 Å². The molecule has 0 heterocycles. The summed E-state index contributed by atoms with van der Waals surface area (Å²) in [6, 6.07) is 8.67. The number of hydrogen-bond acceptors (Lipinski definition) is 3. The van der Waals surface area contributed by atoms with Crippen LogP contribution in [0.1, 0.15) is 39.2 Å². The van der Waals surface area contributed by atoms with E-state index in [9.17, 15) is 0 Å². The van der Waals surface area contributed by atoms with Crippen LogP contribution in [0, 0.1) is 5.41 Å². The van der Waals surface area contributed by atoms with Gasteiger partial charge in [-0.15, -0.1) is 0 Å². The second-order valence-corrected chi connectivity index (χ2v) is 5.91. The number of nitrogens with zero attached hydrogens (tertiary/aromatic N) is 2. The van der Waals surface area contributed by atoms with E-state index < -0.39 is 0 Å². The first-order chi connectivity index (χ1) is 9.40. The zero-order valence-electron chi connectivity index (χ0n) is 13.1. The molecule has 0 aliphatic heterocycles. The molecule has 1 aromatic rings. The van der Waals surface area contributed by atoms with Crippen molar-refractivity contribution in [2.45, 2.75) is 40.0 Å². The van der Waals surface area contributed by atoms with Gasteiger partial charge in [0.05, 0.1) is 0 Å². The van der Waals surface area contributed by atoms with E-state index in [0.717, 1.165) is 25.8 Å². The molecule has 0 aromatic heterocycles. The second-order valence-electron chi connectivity index (χ2n) is 5.91. The van der Waals surface area contributed by atoms with Crippen molar-refractivity contribution in [3.63, 3.8) is 0 Å². The lowest BCUT2D eigenvalue weighted by Gasteiger charge is -2.25. The first kappa shape index (κ1) is 16.3. The van der Waals surface area contributed by atoms with Crippen LogP contribution < -0.4 is 10.6 Å². The molecule has 0 bridgehead atoms. The Morgan fingerprint density at radius 3 is 2.40 bits per heavy atom. The third kappa shape index (κ3) is 4.44. The average molecular weight is 277 g/mol. The molecular weight excluding hydrogens is 250 g/mol. The Labute approximate surface area is 122 Å². The van der Waals surface area contributed by atoms with Crippen molar-refractivity contribution in [1.82, 2.24) is 0 Å². The van der Waals surface area contributed by atoms with E-state index in [2.05, 4.69) is 48.3 Å². The lowest BCUT2D eigenvalue weighted by Crippen LogP contribution is -2.32. The molecule has 0 fully saturated rings. The molecule has 0 aliphatic carbocycles. The van der Waals surface area contributed by atoms with E-state index in [0.29, 0.717) is 5.84 Å². The van der Waals surface area contributed by atoms with Crippen LogP contribution in [0.25, 0.3) is 0 Å². The van der Waals surface area contributed by atoms with Crippen LogP contribution in [0.4, 0.5) is 5.69 Å². The highest BCUT2D eigenvalue weighted by atomic mass is 16.4. The van der Waals surface area contributed by atoms with Crippen molar-refractivity contribution in [2.24, 2.45) is 16.3 Å². The summed E-state index contributed by atoms with van der Waals surface area (Å²) in [5.41, 5.74) is 8.02. The van der Waals surface area contributed by atoms with Gasteiger partial charge in [0.2, 0.25) is 0 Å². The lowest BCUT2D eigenvalue weighted by molar-refractivity contribution is 0.305. The number of amidine groups is 1. The summed E-state index contributed by atoms with van der Waals surface area (Å²) in [4.78, 5) is 2.24. The van der Waals surface area contributed by atoms with Gasteiger partial charge in [0.15, 0.2) is 0 Å². The van der Waals surface area contributed by atoms with Crippen LogP contribution >= 0.6 is 0 Å². The molecule has 0 aliphatic rings. The second kappa shape index (κ2) is 7.17. The minimum atomic E-state index is -0.262. The van der Waals surface area contributed by atoms with Gasteiger partial charge in [-0.25, -0.2) is 0 Å². The highest BCUT2D eigenvalue weighted by Crippen LogP contribution is 2.23. The van der Waals surface area contributed by atoms with Gasteiger partial charge in [0, 0.05) is 24.7 Å². The first-order valence-electron chi connectivity index (χ1n) is 7.18. The molecule has 0 unspecified atom stereocenters. The maximum atomic E-state index is 8.76. The molecule has 4 nitrogen and oxygen atoms in total. The molecule has 0 saturated heterocycles. The van der Waals surface area contributed by atoms with Gasteiger partial charge >= 0.3 is 0 Å². The molecule has 0 saturated carbocycles. The number of aryl methyl sites for hydroxylation is 1. The predicted molar refractivity (Wildman–Crippen MR) is 85.5 cm³/mol. The summed E-state index contributed by atoms with van der Waals surface area (Å²) >= 11 is 0. The normalized spacial score (nSPS) is 12.5. The number of rotatable bonds is 7. The summed E-state index contributed by atoms with van der Waals surface area (Å²) in [6.45, 7) is 7.11. The number of nitrogens with two attached hydrogens (primary N) is 1. The number of oxime groups is 1. The molecule has 20 heavy (non-hydrogen) atoms. The fourth-order valence-electron chi connectivity index (χ4n) is 2.14. The first-order valence-corrected chi connectivity index (χ1v) is 7.18. The number of hydrogen-bond donors (Lipinski definition) is 2. The van der Waals surface area contributed by atoms with Crippen molar-refractivity contribution >= 4 is 11.5 Å². The van der Waals surface area contributed by atoms with Crippen molar-refractivity contribution < 1.29 is 5.21 Å². The van der Waals surface area contributed by atoms with Gasteiger partial charge in [0.1, 0.15) is 5.84 Å². The summed E-state index contributed by atoms with van der Waals surface area (Å²) < 4.78 is 0. The molecule has 0 radical (unpaired) electrons. The minimum Gasteiger partial charge on any atom is -0.409 e. The van der Waals surface area contributed by atoms with Gasteiger partial charge in [-0.05, 0) is 37.0 Å². The quantitative estimate of drug-likeness (QED) is 0.348. The van der Waals surface area contributed by atoms with Crippen LogP contribution in [0.2, 0.25) is 0 Å². The summed E-state index contributed by atoms with van der Waals surface area (Å²) in [6.07, 6.45) is 2.95. The smallest absolute Gasteiger partial charge is 0.144 e. The highest BCUT2D eigenvalue weighted by molar-refractivity contribution is 5.85. The number of anilines is 1. The van der Waals surface area contributed by atoms with Crippen molar-refractivity contribution in [3.8, 4) is 0 Å². The Balaban J connectivity index is 2.49. The topological polar surface area (TPSA) is 61.8 Å². The third-order valence-electron chi connectivity index (χ3n) is 3.88. The molecule has 1 rings (SSSR count). The molecular formula is C16H27N3O. The molecule has 1 aromatic carbocycles.